The van der Waals surface area contributed by atoms with Gasteiger partial charge < -0.3 is 5.11 Å². The molecule has 0 amide bonds. The van der Waals surface area contributed by atoms with Crippen molar-refractivity contribution in [3.8, 4) is 0 Å². The molecule has 5 nitrogen and oxygen atoms in total. The number of fused-ring (bicyclic) bond motifs is 1. The normalized spacial score (nSPS) is 17.6. The van der Waals surface area contributed by atoms with Crippen LogP contribution >= 0.6 is 0 Å². The molecule has 0 radical (unpaired) electrons. The van der Waals surface area contributed by atoms with Gasteiger partial charge in [0.15, 0.2) is 0 Å². The Hall–Kier alpha value is -1.91. The molecule has 0 spiro atoms. The Balaban J connectivity index is 2.23. The Bertz CT molecular complexity index is 584. The van der Waals surface area contributed by atoms with Gasteiger partial charge in [-0.05, 0) is 38.0 Å². The number of nitrogens with zero attached hydrogens (tertiary/aromatic N) is 3. The van der Waals surface area contributed by atoms with Crippen LogP contribution in [0.2, 0.25) is 0 Å². The average molecular weight is 217 g/mol. The van der Waals surface area contributed by atoms with Gasteiger partial charge in [-0.3, -0.25) is 0 Å². The molecule has 2 aromatic rings. The van der Waals surface area contributed by atoms with E-state index in [1.165, 1.54) is 0 Å². The molecule has 1 aromatic carbocycles. The third kappa shape index (κ3) is 1.21. The van der Waals surface area contributed by atoms with E-state index in [1.54, 1.807) is 18.2 Å². The first-order valence-corrected chi connectivity index (χ1v) is 5.19. The Morgan fingerprint density at radius 2 is 2.25 bits per heavy atom. The van der Waals surface area contributed by atoms with Gasteiger partial charge >= 0.3 is 5.97 Å². The number of carboxylic acid groups (broad SMARTS) is 1. The summed E-state index contributed by atoms with van der Waals surface area (Å²) in [5, 5.41) is 17.1. The van der Waals surface area contributed by atoms with Crippen LogP contribution in [0.25, 0.3) is 11.0 Å². The van der Waals surface area contributed by atoms with Crippen molar-refractivity contribution < 1.29 is 9.90 Å². The van der Waals surface area contributed by atoms with Crippen molar-refractivity contribution in [2.24, 2.45) is 0 Å². The lowest BCUT2D eigenvalue weighted by Crippen LogP contribution is -2.14. The van der Waals surface area contributed by atoms with Crippen molar-refractivity contribution >= 4 is 17.0 Å². The Labute approximate surface area is 91.7 Å². The van der Waals surface area contributed by atoms with Crippen molar-refractivity contribution in [2.45, 2.75) is 25.3 Å². The highest BCUT2D eigenvalue weighted by Crippen LogP contribution is 2.43. The van der Waals surface area contributed by atoms with Gasteiger partial charge in [-0.15, -0.1) is 5.10 Å². The molecule has 0 atom stereocenters. The number of aromatic carboxylic acids is 1. The van der Waals surface area contributed by atoms with Crippen LogP contribution in [0.3, 0.4) is 0 Å². The highest BCUT2D eigenvalue weighted by atomic mass is 16.4. The quantitative estimate of drug-likeness (QED) is 0.830. The third-order valence-electron chi connectivity index (χ3n) is 3.18. The van der Waals surface area contributed by atoms with Crippen LogP contribution in [0.4, 0.5) is 0 Å². The van der Waals surface area contributed by atoms with Crippen LogP contribution < -0.4 is 0 Å². The van der Waals surface area contributed by atoms with E-state index in [4.69, 9.17) is 5.11 Å². The van der Waals surface area contributed by atoms with Gasteiger partial charge in [-0.1, -0.05) is 5.21 Å². The summed E-state index contributed by atoms with van der Waals surface area (Å²) in [5.41, 5.74) is 1.87. The Morgan fingerprint density at radius 1 is 1.50 bits per heavy atom. The predicted molar refractivity (Wildman–Crippen MR) is 57.4 cm³/mol. The standard InChI is InChI=1S/C11H11N3O2/c1-11(4-5-11)14-9-6-7(10(15)16)2-3-8(9)12-13-14/h2-3,6H,4-5H2,1H3,(H,15,16). The van der Waals surface area contributed by atoms with Gasteiger partial charge in [0.1, 0.15) is 5.52 Å². The molecular formula is C11H11N3O2. The monoisotopic (exact) mass is 217 g/mol. The molecule has 0 saturated heterocycles. The second-order valence-corrected chi connectivity index (χ2v) is 4.51. The van der Waals surface area contributed by atoms with E-state index in [9.17, 15) is 4.79 Å². The number of carboxylic acids is 1. The smallest absolute Gasteiger partial charge is 0.335 e. The maximum Gasteiger partial charge on any atom is 0.335 e. The summed E-state index contributed by atoms with van der Waals surface area (Å²) in [6.07, 6.45) is 2.14. The summed E-state index contributed by atoms with van der Waals surface area (Å²) in [4.78, 5) is 10.9. The van der Waals surface area contributed by atoms with Crippen LogP contribution in [-0.4, -0.2) is 26.1 Å². The van der Waals surface area contributed by atoms with Gasteiger partial charge in [0.2, 0.25) is 0 Å². The SMILES string of the molecule is CC1(n2nnc3ccc(C(=O)O)cc32)CC1. The molecule has 1 aromatic heterocycles. The number of hydrogen-bond donors (Lipinski definition) is 1. The molecule has 16 heavy (non-hydrogen) atoms. The lowest BCUT2D eigenvalue weighted by Gasteiger charge is -2.08. The zero-order chi connectivity index (χ0) is 11.3. The maximum absolute atomic E-state index is 10.9. The van der Waals surface area contributed by atoms with E-state index in [2.05, 4.69) is 17.2 Å². The second-order valence-electron chi connectivity index (χ2n) is 4.51. The van der Waals surface area contributed by atoms with Gasteiger partial charge in [0.05, 0.1) is 16.6 Å². The summed E-state index contributed by atoms with van der Waals surface area (Å²) in [7, 11) is 0. The van der Waals surface area contributed by atoms with Gasteiger partial charge in [-0.2, -0.15) is 0 Å². The molecule has 82 valence electrons. The minimum Gasteiger partial charge on any atom is -0.478 e. The van der Waals surface area contributed by atoms with E-state index in [1.807, 2.05) is 4.68 Å². The Morgan fingerprint density at radius 3 is 2.88 bits per heavy atom. The summed E-state index contributed by atoms with van der Waals surface area (Å²) in [5.74, 6) is -0.921. The summed E-state index contributed by atoms with van der Waals surface area (Å²) in [6, 6.07) is 4.90. The second kappa shape index (κ2) is 2.81. The fourth-order valence-corrected chi connectivity index (χ4v) is 1.84. The third-order valence-corrected chi connectivity index (χ3v) is 3.18. The van der Waals surface area contributed by atoms with E-state index in [0.29, 0.717) is 0 Å². The molecule has 0 unspecified atom stereocenters. The molecule has 1 fully saturated rings. The molecule has 1 aliphatic rings. The molecule has 0 bridgehead atoms. The van der Waals surface area contributed by atoms with Crippen molar-refractivity contribution in [2.75, 3.05) is 0 Å². The first kappa shape index (κ1) is 9.33. The minimum absolute atomic E-state index is 0.0336. The van der Waals surface area contributed by atoms with Crippen LogP contribution in [0.1, 0.15) is 30.1 Å². The van der Waals surface area contributed by atoms with Gasteiger partial charge in [0.25, 0.3) is 0 Å². The Kier molecular flexibility index (Phi) is 1.64. The molecule has 3 rings (SSSR count). The number of hydrogen-bond acceptors (Lipinski definition) is 3. The lowest BCUT2D eigenvalue weighted by molar-refractivity contribution is 0.0697. The topological polar surface area (TPSA) is 68.0 Å². The van der Waals surface area contributed by atoms with Gasteiger partial charge in [0, 0.05) is 0 Å². The fraction of sp³-hybridized carbons (Fsp3) is 0.364. The largest absolute Gasteiger partial charge is 0.478 e. The maximum atomic E-state index is 10.9. The van der Waals surface area contributed by atoms with E-state index >= 15 is 0 Å². The molecule has 1 saturated carbocycles. The summed E-state index contributed by atoms with van der Waals surface area (Å²) < 4.78 is 1.84. The molecule has 1 N–H and O–H groups in total. The molecule has 0 aliphatic heterocycles. The van der Waals surface area contributed by atoms with E-state index in [-0.39, 0.29) is 11.1 Å². The van der Waals surface area contributed by atoms with Crippen molar-refractivity contribution in [1.29, 1.82) is 0 Å². The average Bonchev–Trinajstić information content (AvgIpc) is 2.86. The van der Waals surface area contributed by atoms with Crippen molar-refractivity contribution in [3.63, 3.8) is 0 Å². The minimum atomic E-state index is -0.921. The van der Waals surface area contributed by atoms with Crippen LogP contribution in [0, 0.1) is 0 Å². The van der Waals surface area contributed by atoms with E-state index in [0.717, 1.165) is 23.9 Å². The fourth-order valence-electron chi connectivity index (χ4n) is 1.84. The molecule has 1 aliphatic carbocycles. The van der Waals surface area contributed by atoms with Crippen molar-refractivity contribution in [3.05, 3.63) is 23.8 Å². The van der Waals surface area contributed by atoms with Crippen LogP contribution in [0.5, 0.6) is 0 Å². The lowest BCUT2D eigenvalue weighted by atomic mass is 10.2. The van der Waals surface area contributed by atoms with Crippen molar-refractivity contribution in [1.82, 2.24) is 15.0 Å². The number of rotatable bonds is 2. The number of benzene rings is 1. The molecule has 5 heteroatoms. The molecular weight excluding hydrogens is 206 g/mol. The number of carbonyl (C=O) groups is 1. The predicted octanol–water partition coefficient (Wildman–Crippen LogP) is 1.64. The first-order chi connectivity index (χ1) is 7.60. The van der Waals surface area contributed by atoms with E-state index < -0.39 is 5.97 Å². The highest BCUT2D eigenvalue weighted by molar-refractivity contribution is 5.92. The summed E-state index contributed by atoms with van der Waals surface area (Å²) >= 11 is 0. The summed E-state index contributed by atoms with van der Waals surface area (Å²) in [6.45, 7) is 2.11. The first-order valence-electron chi connectivity index (χ1n) is 5.19. The zero-order valence-corrected chi connectivity index (χ0v) is 8.84. The number of aromatic nitrogens is 3. The molecule has 1 heterocycles. The van der Waals surface area contributed by atoms with Gasteiger partial charge in [-0.25, -0.2) is 9.48 Å². The highest BCUT2D eigenvalue weighted by Gasteiger charge is 2.41. The zero-order valence-electron chi connectivity index (χ0n) is 8.84. The van der Waals surface area contributed by atoms with Crippen LogP contribution in [0.15, 0.2) is 18.2 Å². The van der Waals surface area contributed by atoms with Crippen LogP contribution in [-0.2, 0) is 5.54 Å².